The lowest BCUT2D eigenvalue weighted by atomic mass is 10.0. The lowest BCUT2D eigenvalue weighted by Crippen LogP contribution is -2.49. The van der Waals surface area contributed by atoms with Crippen LogP contribution < -0.4 is 47.4 Å². The summed E-state index contributed by atoms with van der Waals surface area (Å²) in [5.41, 5.74) is 0. The predicted octanol–water partition coefficient (Wildman–Crippen LogP) is 4.35. The van der Waals surface area contributed by atoms with Crippen molar-refractivity contribution in [3.8, 4) is 0 Å². The molecule has 14 nitrogen and oxygen atoms in total. The van der Waals surface area contributed by atoms with Crippen molar-refractivity contribution in [1.29, 1.82) is 0 Å². The number of carbonyl (C=O) groups is 5. The van der Waals surface area contributed by atoms with Crippen LogP contribution in [0.4, 0.5) is 0 Å². The molecule has 0 bridgehead atoms. The van der Waals surface area contributed by atoms with E-state index in [1.807, 2.05) is 0 Å². The van der Waals surface area contributed by atoms with Crippen molar-refractivity contribution < 1.29 is 24.0 Å². The molecule has 0 spiro atoms. The summed E-state index contributed by atoms with van der Waals surface area (Å²) in [6.07, 6.45) is 17.8. The first kappa shape index (κ1) is 54.2. The van der Waals surface area contributed by atoms with Crippen LogP contribution in [0, 0.1) is 23.7 Å². The van der Waals surface area contributed by atoms with Gasteiger partial charge >= 0.3 is 0 Å². The van der Waals surface area contributed by atoms with Crippen molar-refractivity contribution in [2.75, 3.05) is 45.8 Å². The Bertz CT molecular complexity index is 1220. The van der Waals surface area contributed by atoms with Crippen LogP contribution in [0.2, 0.25) is 0 Å². The van der Waals surface area contributed by atoms with Crippen LogP contribution in [0.15, 0.2) is 0 Å². The van der Waals surface area contributed by atoms with Crippen LogP contribution in [-0.2, 0) is 24.0 Å². The zero-order chi connectivity index (χ0) is 44.0. The Balaban J connectivity index is 1.52. The van der Waals surface area contributed by atoms with Crippen LogP contribution in [0.3, 0.4) is 0 Å². The molecule has 0 aromatic heterocycles. The van der Waals surface area contributed by atoms with E-state index in [0.717, 1.165) is 115 Å². The fourth-order valence-corrected chi connectivity index (χ4v) is 8.74. The Morgan fingerprint density at radius 2 is 1.03 bits per heavy atom. The van der Waals surface area contributed by atoms with E-state index in [2.05, 4.69) is 93.9 Å². The van der Waals surface area contributed by atoms with Gasteiger partial charge in [0.15, 0.2) is 0 Å². The zero-order valence-corrected chi connectivity index (χ0v) is 40.2. The molecule has 60 heavy (non-hydrogen) atoms. The molecule has 9 N–H and O–H groups in total. The summed E-state index contributed by atoms with van der Waals surface area (Å²) in [5.74, 6) is 2.49. The predicted molar refractivity (Wildman–Crippen MR) is 251 cm³/mol. The van der Waals surface area contributed by atoms with E-state index in [-0.39, 0.29) is 35.6 Å². The van der Waals surface area contributed by atoms with E-state index in [1.54, 1.807) is 0 Å². The smallest absolute Gasteiger partial charge is 0.242 e. The second-order valence-corrected chi connectivity index (χ2v) is 19.0. The molecule has 0 aromatic carbocycles. The van der Waals surface area contributed by atoms with Crippen molar-refractivity contribution in [2.24, 2.45) is 23.7 Å². The van der Waals surface area contributed by atoms with Gasteiger partial charge in [-0.1, -0.05) is 85.0 Å². The van der Waals surface area contributed by atoms with E-state index < -0.39 is 6.04 Å². The third-order valence-electron chi connectivity index (χ3n) is 11.7. The first-order chi connectivity index (χ1) is 28.9. The minimum absolute atomic E-state index is 0.0142. The third kappa shape index (κ3) is 27.2. The van der Waals surface area contributed by atoms with Crippen molar-refractivity contribution in [3.63, 3.8) is 0 Å². The summed E-state index contributed by atoms with van der Waals surface area (Å²) in [5, 5.41) is 28.2. The maximum Gasteiger partial charge on any atom is 0.242 e. The minimum atomic E-state index is -0.558. The zero-order valence-electron chi connectivity index (χ0n) is 37.9. The van der Waals surface area contributed by atoms with E-state index in [0.29, 0.717) is 81.8 Å². The molecule has 348 valence electrons. The van der Waals surface area contributed by atoms with E-state index >= 15 is 0 Å². The summed E-state index contributed by atoms with van der Waals surface area (Å²) in [6, 6.07) is 0.323. The summed E-state index contributed by atoms with van der Waals surface area (Å²) in [4.78, 5) is 63.0. The van der Waals surface area contributed by atoms with Gasteiger partial charge in [-0.3, -0.25) is 34.1 Å². The third-order valence-corrected chi connectivity index (χ3v) is 12.6. The number of fused-ring (bicyclic) bond motifs is 1. The Hall–Kier alpha value is -1.95. The van der Waals surface area contributed by atoms with Crippen LogP contribution in [0.25, 0.3) is 0 Å². The summed E-state index contributed by atoms with van der Waals surface area (Å²) in [7, 11) is 5.13. The molecule has 2 aliphatic carbocycles. The minimum Gasteiger partial charge on any atom is -0.356 e. The highest BCUT2D eigenvalue weighted by Gasteiger charge is 2.48. The van der Waals surface area contributed by atoms with Crippen LogP contribution in [0.5, 0.6) is 0 Å². The van der Waals surface area contributed by atoms with E-state index in [4.69, 9.17) is 0 Å². The number of unbranched alkanes of at least 4 members (excludes halogenated alkanes) is 9. The molecule has 2 fully saturated rings. The maximum absolute atomic E-state index is 13.3. The molecule has 8 atom stereocenters. The highest BCUT2D eigenvalue weighted by molar-refractivity contribution is 7.13. The first-order valence-electron chi connectivity index (χ1n) is 23.6. The normalized spacial score (nSPS) is 18.4. The summed E-state index contributed by atoms with van der Waals surface area (Å²) < 4.78 is 0. The molecule has 2 saturated carbocycles. The highest BCUT2D eigenvalue weighted by atomic mass is 31.0. The highest BCUT2D eigenvalue weighted by Crippen LogP contribution is 2.51. The lowest BCUT2D eigenvalue weighted by molar-refractivity contribution is -0.129. The van der Waals surface area contributed by atoms with Gasteiger partial charge in [-0.2, -0.15) is 0 Å². The number of carbonyl (C=O) groups excluding carboxylic acids is 5. The second kappa shape index (κ2) is 33.6. The van der Waals surface area contributed by atoms with Crippen molar-refractivity contribution >= 4 is 48.3 Å². The van der Waals surface area contributed by atoms with E-state index in [1.165, 1.54) is 12.8 Å². The Morgan fingerprint density at radius 3 is 1.50 bits per heavy atom. The maximum atomic E-state index is 13.3. The largest absolute Gasteiger partial charge is 0.356 e. The SMILES string of the molecule is CC(C)C[C@@H](CNCC(=O)NCCCCCCCC(=O)NCCCC[C@H](NC(=O)CCCCCCCNC(=O)CNC[C@H](CC(C)C)NP)C(=O)N[C@H]1CCC2CC21)NP. The van der Waals surface area contributed by atoms with Crippen molar-refractivity contribution in [3.05, 3.63) is 0 Å². The topological polar surface area (TPSA) is 194 Å². The van der Waals surface area contributed by atoms with Gasteiger partial charge in [0.05, 0.1) is 13.1 Å². The molecule has 16 heteroatoms. The van der Waals surface area contributed by atoms with Gasteiger partial charge in [0.1, 0.15) is 6.04 Å². The van der Waals surface area contributed by atoms with Crippen molar-refractivity contribution in [1.82, 2.24) is 47.4 Å². The number of amides is 5. The van der Waals surface area contributed by atoms with E-state index in [9.17, 15) is 24.0 Å². The van der Waals surface area contributed by atoms with Gasteiger partial charge < -0.3 is 37.2 Å². The fraction of sp³-hybridized carbons (Fsp3) is 0.886. The number of hydrogen-bond donors (Lipinski definition) is 9. The van der Waals surface area contributed by atoms with Gasteiger partial charge in [0, 0.05) is 63.7 Å². The van der Waals surface area contributed by atoms with Crippen molar-refractivity contribution in [2.45, 2.75) is 180 Å². The van der Waals surface area contributed by atoms with Gasteiger partial charge in [0.25, 0.3) is 0 Å². The van der Waals surface area contributed by atoms with Crippen LogP contribution >= 0.6 is 18.8 Å². The molecule has 4 unspecified atom stereocenters. The molecule has 0 aromatic rings. The quantitative estimate of drug-likeness (QED) is 0.0321. The molecule has 0 saturated heterocycles. The van der Waals surface area contributed by atoms with Gasteiger partial charge in [-0.25, -0.2) is 0 Å². The Kier molecular flexibility index (Phi) is 30.3. The monoisotopic (exact) mass is 884 g/mol. The molecular weight excluding hydrogens is 796 g/mol. The first-order valence-corrected chi connectivity index (χ1v) is 24.8. The number of rotatable bonds is 38. The average molecular weight is 884 g/mol. The van der Waals surface area contributed by atoms with Crippen LogP contribution in [-0.4, -0.2) is 99.5 Å². The average Bonchev–Trinajstić information content (AvgIpc) is 3.89. The molecule has 0 aliphatic heterocycles. The standard InChI is InChI=1S/C44H87N9O5P2/c1-32(2)25-35(52-59)28-45-30-42(56)48-22-14-9-5-7-11-18-40(54)47-24-16-13-17-39(44(58)51-38-21-20-34-27-37(34)38)50-41(55)19-12-8-6-10-15-23-49-43(57)31-46-29-36(53-60)26-33(3)4/h32-39,45-46,52-53H,5-31,59-60H2,1-4H3,(H,47,54)(H,48,56)(H,49,57)(H,50,55)(H,51,58)/t34?,35-,36-,37?,38-,39-/m0/s1. The Morgan fingerprint density at radius 1 is 0.567 bits per heavy atom. The number of hydrogen-bond acceptors (Lipinski definition) is 9. The fourth-order valence-electron chi connectivity index (χ4n) is 8.23. The summed E-state index contributed by atoms with van der Waals surface area (Å²) >= 11 is 0. The molecule has 2 rings (SSSR count). The molecule has 2 aliphatic rings. The molecule has 0 heterocycles. The second-order valence-electron chi connectivity index (χ2n) is 18.3. The Labute approximate surface area is 368 Å². The summed E-state index contributed by atoms with van der Waals surface area (Å²) in [6.45, 7) is 12.8. The number of nitrogens with one attached hydrogen (secondary N) is 9. The molecule has 0 radical (unpaired) electrons. The van der Waals surface area contributed by atoms with Gasteiger partial charge in [-0.15, -0.1) is 0 Å². The van der Waals surface area contributed by atoms with Crippen LogP contribution in [0.1, 0.15) is 156 Å². The van der Waals surface area contributed by atoms with Gasteiger partial charge in [0.2, 0.25) is 29.5 Å². The van der Waals surface area contributed by atoms with Gasteiger partial charge in [-0.05, 0) is 101 Å². The lowest BCUT2D eigenvalue weighted by Gasteiger charge is -2.22. The molecular formula is C44H87N9O5P2. The molecule has 5 amide bonds.